The van der Waals surface area contributed by atoms with Crippen LogP contribution >= 0.6 is 11.3 Å². The molecule has 3 nitrogen and oxygen atoms in total. The highest BCUT2D eigenvalue weighted by molar-refractivity contribution is 7.09. The topological polar surface area (TPSA) is 50.9 Å². The molecule has 0 saturated carbocycles. The van der Waals surface area contributed by atoms with E-state index >= 15 is 0 Å². The third-order valence-electron chi connectivity index (χ3n) is 2.28. The highest BCUT2D eigenvalue weighted by Gasteiger charge is 2.09. The molecular weight excluding hydrogens is 206 g/mol. The van der Waals surface area contributed by atoms with E-state index in [0.717, 1.165) is 36.4 Å². The molecule has 1 aromatic rings. The zero-order valence-corrected chi connectivity index (χ0v) is 10.0. The molecule has 1 unspecified atom stereocenters. The molecule has 15 heavy (non-hydrogen) atoms. The van der Waals surface area contributed by atoms with Crippen molar-refractivity contribution in [1.82, 2.24) is 10.4 Å². The fourth-order valence-corrected chi connectivity index (χ4v) is 2.31. The highest BCUT2D eigenvalue weighted by atomic mass is 32.1. The summed E-state index contributed by atoms with van der Waals surface area (Å²) >= 11 is 1.71. The van der Waals surface area contributed by atoms with Gasteiger partial charge in [0, 0.05) is 23.5 Å². The van der Waals surface area contributed by atoms with Crippen molar-refractivity contribution >= 4 is 11.3 Å². The van der Waals surface area contributed by atoms with Gasteiger partial charge in [-0.05, 0) is 26.2 Å². The Bertz CT molecular complexity index is 296. The minimum atomic E-state index is 0.329. The summed E-state index contributed by atoms with van der Waals surface area (Å²) in [5.41, 5.74) is 3.95. The molecule has 1 atom stereocenters. The van der Waals surface area contributed by atoms with E-state index < -0.39 is 0 Å². The van der Waals surface area contributed by atoms with Crippen molar-refractivity contribution in [1.29, 1.82) is 0 Å². The van der Waals surface area contributed by atoms with Gasteiger partial charge in [0.1, 0.15) is 0 Å². The molecule has 0 fully saturated rings. The van der Waals surface area contributed by atoms with Crippen LogP contribution in [0.2, 0.25) is 0 Å². The number of rotatable bonds is 7. The summed E-state index contributed by atoms with van der Waals surface area (Å²) in [4.78, 5) is 4.43. The number of thiazole rings is 1. The normalized spacial score (nSPS) is 12.7. The van der Waals surface area contributed by atoms with Gasteiger partial charge in [-0.2, -0.15) is 0 Å². The molecule has 0 saturated heterocycles. The van der Waals surface area contributed by atoms with E-state index in [2.05, 4.69) is 22.4 Å². The number of hydrogen-bond donors (Lipinski definition) is 2. The van der Waals surface area contributed by atoms with Crippen molar-refractivity contribution < 1.29 is 0 Å². The lowest BCUT2D eigenvalue weighted by Gasteiger charge is -2.13. The maximum atomic E-state index is 5.51. The van der Waals surface area contributed by atoms with Crippen LogP contribution in [0, 0.1) is 6.92 Å². The van der Waals surface area contributed by atoms with Crippen molar-refractivity contribution in [3.8, 4) is 0 Å². The minimum Gasteiger partial charge on any atom is -0.271 e. The molecule has 1 heterocycles. The van der Waals surface area contributed by atoms with E-state index in [1.165, 1.54) is 0 Å². The average molecular weight is 225 g/mol. The smallest absolute Gasteiger partial charge is 0.0944 e. The third-order valence-corrected chi connectivity index (χ3v) is 3.27. The van der Waals surface area contributed by atoms with Gasteiger partial charge in [-0.1, -0.05) is 6.08 Å². The predicted molar refractivity (Wildman–Crippen MR) is 65.7 cm³/mol. The molecule has 0 bridgehead atoms. The van der Waals surface area contributed by atoms with Crippen LogP contribution in [0.4, 0.5) is 0 Å². The van der Waals surface area contributed by atoms with Gasteiger partial charge in [0.15, 0.2) is 0 Å². The van der Waals surface area contributed by atoms with Crippen LogP contribution in [0.1, 0.15) is 30.0 Å². The standard InChI is InChI=1S/C11H19N3S/c1-3-4-5-6-10(14-12)7-11-13-9(2)8-15-11/h3,8,10,14H,1,4-7,12H2,2H3. The van der Waals surface area contributed by atoms with Gasteiger partial charge < -0.3 is 0 Å². The lowest BCUT2D eigenvalue weighted by atomic mass is 10.1. The first-order valence-electron chi connectivity index (χ1n) is 5.24. The van der Waals surface area contributed by atoms with Crippen LogP contribution in [0.5, 0.6) is 0 Å². The van der Waals surface area contributed by atoms with E-state index in [-0.39, 0.29) is 0 Å². The van der Waals surface area contributed by atoms with Crippen LogP contribution in [-0.2, 0) is 6.42 Å². The minimum absolute atomic E-state index is 0.329. The van der Waals surface area contributed by atoms with Gasteiger partial charge in [-0.25, -0.2) is 4.98 Å². The Hall–Kier alpha value is -0.710. The van der Waals surface area contributed by atoms with E-state index in [0.29, 0.717) is 6.04 Å². The van der Waals surface area contributed by atoms with Gasteiger partial charge in [-0.15, -0.1) is 17.9 Å². The highest BCUT2D eigenvalue weighted by Crippen LogP contribution is 2.13. The molecule has 84 valence electrons. The first kappa shape index (κ1) is 12.4. The van der Waals surface area contributed by atoms with Crippen LogP contribution < -0.4 is 11.3 Å². The third kappa shape index (κ3) is 4.55. The number of aromatic nitrogens is 1. The molecule has 0 spiro atoms. The number of aryl methyl sites for hydroxylation is 1. The molecule has 0 aliphatic rings. The Morgan fingerprint density at radius 1 is 1.73 bits per heavy atom. The quantitative estimate of drug-likeness (QED) is 0.324. The SMILES string of the molecule is C=CCCCC(Cc1nc(C)cs1)NN. The number of hydrogen-bond acceptors (Lipinski definition) is 4. The molecule has 0 aliphatic carbocycles. The molecule has 1 rings (SSSR count). The van der Waals surface area contributed by atoms with E-state index in [9.17, 15) is 0 Å². The summed E-state index contributed by atoms with van der Waals surface area (Å²) < 4.78 is 0. The van der Waals surface area contributed by atoms with Gasteiger partial charge in [0.05, 0.1) is 5.01 Å². The Balaban J connectivity index is 2.36. The number of unbranched alkanes of at least 4 members (excludes halogenated alkanes) is 1. The maximum Gasteiger partial charge on any atom is 0.0944 e. The summed E-state index contributed by atoms with van der Waals surface area (Å²) in [6.45, 7) is 5.73. The number of hydrazine groups is 1. The van der Waals surface area contributed by atoms with Crippen molar-refractivity contribution in [3.05, 3.63) is 28.7 Å². The molecule has 0 aliphatic heterocycles. The zero-order valence-electron chi connectivity index (χ0n) is 9.20. The second kappa shape index (κ2) is 6.71. The van der Waals surface area contributed by atoms with E-state index in [4.69, 9.17) is 5.84 Å². The molecule has 0 radical (unpaired) electrons. The van der Waals surface area contributed by atoms with Crippen LogP contribution in [0.25, 0.3) is 0 Å². The maximum absolute atomic E-state index is 5.51. The Morgan fingerprint density at radius 3 is 3.07 bits per heavy atom. The molecular formula is C11H19N3S. The van der Waals surface area contributed by atoms with Crippen molar-refractivity contribution in [2.24, 2.45) is 5.84 Å². The summed E-state index contributed by atoms with van der Waals surface area (Å²) in [7, 11) is 0. The van der Waals surface area contributed by atoms with Gasteiger partial charge >= 0.3 is 0 Å². The summed E-state index contributed by atoms with van der Waals surface area (Å²) in [5.74, 6) is 5.51. The summed E-state index contributed by atoms with van der Waals surface area (Å²) in [6, 6.07) is 0.329. The summed E-state index contributed by atoms with van der Waals surface area (Å²) in [6.07, 6.45) is 6.12. The average Bonchev–Trinajstić information content (AvgIpc) is 2.63. The van der Waals surface area contributed by atoms with E-state index in [1.54, 1.807) is 11.3 Å². The number of allylic oxidation sites excluding steroid dienone is 1. The zero-order chi connectivity index (χ0) is 11.1. The lowest BCUT2D eigenvalue weighted by Crippen LogP contribution is -2.36. The van der Waals surface area contributed by atoms with Gasteiger partial charge in [0.25, 0.3) is 0 Å². The summed E-state index contributed by atoms with van der Waals surface area (Å²) in [5, 5.41) is 3.24. The fraction of sp³-hybridized carbons (Fsp3) is 0.545. The first-order valence-corrected chi connectivity index (χ1v) is 6.12. The number of nitrogens with zero attached hydrogens (tertiary/aromatic N) is 1. The van der Waals surface area contributed by atoms with Gasteiger partial charge in [0.2, 0.25) is 0 Å². The van der Waals surface area contributed by atoms with Crippen molar-refractivity contribution in [2.75, 3.05) is 0 Å². The molecule has 1 aromatic heterocycles. The molecule has 3 N–H and O–H groups in total. The second-order valence-corrected chi connectivity index (χ2v) is 4.61. The molecule has 4 heteroatoms. The fourth-order valence-electron chi connectivity index (χ4n) is 1.46. The Labute approximate surface area is 95.4 Å². The lowest BCUT2D eigenvalue weighted by molar-refractivity contribution is 0.477. The Morgan fingerprint density at radius 2 is 2.53 bits per heavy atom. The molecule has 0 amide bonds. The molecule has 0 aromatic carbocycles. The first-order chi connectivity index (χ1) is 7.26. The van der Waals surface area contributed by atoms with Crippen LogP contribution in [0.3, 0.4) is 0 Å². The second-order valence-electron chi connectivity index (χ2n) is 3.67. The van der Waals surface area contributed by atoms with Crippen molar-refractivity contribution in [2.45, 2.75) is 38.6 Å². The number of nitrogens with two attached hydrogens (primary N) is 1. The van der Waals surface area contributed by atoms with Crippen LogP contribution in [0.15, 0.2) is 18.0 Å². The van der Waals surface area contributed by atoms with Gasteiger partial charge in [-0.3, -0.25) is 11.3 Å². The Kier molecular flexibility index (Phi) is 5.53. The monoisotopic (exact) mass is 225 g/mol. The van der Waals surface area contributed by atoms with E-state index in [1.807, 2.05) is 13.0 Å². The number of nitrogens with one attached hydrogen (secondary N) is 1. The predicted octanol–water partition coefficient (Wildman–Crippen LogP) is 2.18. The van der Waals surface area contributed by atoms with Crippen molar-refractivity contribution in [3.63, 3.8) is 0 Å². The largest absolute Gasteiger partial charge is 0.271 e. The van der Waals surface area contributed by atoms with Crippen LogP contribution in [-0.4, -0.2) is 11.0 Å².